The number of nitrogens with zero attached hydrogens (tertiary/aromatic N) is 2. The lowest BCUT2D eigenvalue weighted by Gasteiger charge is -2.55. The van der Waals surface area contributed by atoms with Gasteiger partial charge in [0.15, 0.2) is 5.13 Å². The first-order valence-electron chi connectivity index (χ1n) is 11.3. The van der Waals surface area contributed by atoms with Gasteiger partial charge in [0.05, 0.1) is 16.8 Å². The van der Waals surface area contributed by atoms with Crippen LogP contribution in [-0.2, 0) is 20.9 Å². The fourth-order valence-electron chi connectivity index (χ4n) is 6.58. The number of benzene rings is 1. The quantitative estimate of drug-likeness (QED) is 0.562. The average molecular weight is 439 g/mol. The highest BCUT2D eigenvalue weighted by Crippen LogP contribution is 2.60. The summed E-state index contributed by atoms with van der Waals surface area (Å²) in [4.78, 5) is 31.8. The number of hydrogen-bond donors (Lipinski definition) is 0. The number of carbonyl (C=O) groups is 2. The van der Waals surface area contributed by atoms with Crippen molar-refractivity contribution in [2.75, 3.05) is 4.90 Å². The van der Waals surface area contributed by atoms with Crippen LogP contribution in [0.4, 0.5) is 10.8 Å². The van der Waals surface area contributed by atoms with Crippen LogP contribution in [0.25, 0.3) is 0 Å². The smallest absolute Gasteiger partial charge is 0.312 e. The van der Waals surface area contributed by atoms with Gasteiger partial charge in [-0.3, -0.25) is 14.5 Å². The normalized spacial score (nSPS) is 28.5. The van der Waals surface area contributed by atoms with Crippen molar-refractivity contribution in [1.29, 1.82) is 0 Å². The van der Waals surface area contributed by atoms with Gasteiger partial charge in [-0.05, 0) is 81.8 Å². The Morgan fingerprint density at radius 2 is 1.77 bits per heavy atom. The predicted octanol–water partition coefficient (Wildman–Crippen LogP) is 5.70. The minimum absolute atomic E-state index is 0.0287. The maximum atomic E-state index is 13.1. The Morgan fingerprint density at radius 3 is 2.35 bits per heavy atom. The van der Waals surface area contributed by atoms with Crippen LogP contribution in [0, 0.1) is 37.0 Å². The molecular formula is C25H30N2O3S. The largest absolute Gasteiger partial charge is 0.459 e. The van der Waals surface area contributed by atoms with Crippen molar-refractivity contribution in [3.05, 3.63) is 40.4 Å². The molecule has 0 aliphatic heterocycles. The Balaban J connectivity index is 1.29. The Hall–Kier alpha value is -2.21. The summed E-state index contributed by atoms with van der Waals surface area (Å²) in [6.07, 6.45) is 6.94. The van der Waals surface area contributed by atoms with E-state index in [4.69, 9.17) is 4.74 Å². The zero-order chi connectivity index (χ0) is 21.8. The van der Waals surface area contributed by atoms with E-state index in [1.165, 1.54) is 30.6 Å². The molecule has 4 aliphatic carbocycles. The third-order valence-corrected chi connectivity index (χ3v) is 8.34. The minimum Gasteiger partial charge on any atom is -0.459 e. The standard InChI is InChI=1S/C25H30N2O3S/c1-15-4-5-22(16(2)6-15)27(17(3)28)24-26-21(14-31-24)13-30-23(29)25-10-18-7-19(11-25)9-20(8-18)12-25/h4-6,14,18-20H,7-13H2,1-3H3. The number of hydrogen-bond acceptors (Lipinski definition) is 5. The zero-order valence-corrected chi connectivity index (χ0v) is 19.3. The van der Waals surface area contributed by atoms with Gasteiger partial charge in [-0.15, -0.1) is 11.3 Å². The molecule has 164 valence electrons. The lowest BCUT2D eigenvalue weighted by atomic mass is 9.49. The third-order valence-electron chi connectivity index (χ3n) is 7.46. The van der Waals surface area contributed by atoms with Gasteiger partial charge in [-0.2, -0.15) is 0 Å². The molecule has 1 heterocycles. The maximum absolute atomic E-state index is 13.1. The molecule has 0 unspecified atom stereocenters. The van der Waals surface area contributed by atoms with Crippen LogP contribution in [0.5, 0.6) is 0 Å². The molecule has 0 atom stereocenters. The summed E-state index contributed by atoms with van der Waals surface area (Å²) in [6, 6.07) is 6.02. The molecule has 0 N–H and O–H groups in total. The molecule has 5 nitrogen and oxygen atoms in total. The van der Waals surface area contributed by atoms with E-state index in [0.717, 1.165) is 36.1 Å². The zero-order valence-electron chi connectivity index (χ0n) is 18.5. The van der Waals surface area contributed by atoms with Gasteiger partial charge in [0, 0.05) is 12.3 Å². The molecular weight excluding hydrogens is 408 g/mol. The number of ether oxygens (including phenoxy) is 1. The van der Waals surface area contributed by atoms with Crippen molar-refractivity contribution in [1.82, 2.24) is 4.98 Å². The van der Waals surface area contributed by atoms with Crippen molar-refractivity contribution in [3.63, 3.8) is 0 Å². The fourth-order valence-corrected chi connectivity index (χ4v) is 7.45. The number of carbonyl (C=O) groups excluding carboxylic acids is 2. The van der Waals surface area contributed by atoms with Crippen LogP contribution < -0.4 is 4.90 Å². The summed E-state index contributed by atoms with van der Waals surface area (Å²) in [5, 5.41) is 2.50. The molecule has 2 aromatic rings. The molecule has 1 amide bonds. The van der Waals surface area contributed by atoms with Gasteiger partial charge in [-0.1, -0.05) is 17.7 Å². The van der Waals surface area contributed by atoms with Crippen LogP contribution >= 0.6 is 11.3 Å². The summed E-state index contributed by atoms with van der Waals surface area (Å²) in [6.45, 7) is 5.76. The topological polar surface area (TPSA) is 59.5 Å². The van der Waals surface area contributed by atoms with Gasteiger partial charge < -0.3 is 4.74 Å². The number of aromatic nitrogens is 1. The van der Waals surface area contributed by atoms with Crippen molar-refractivity contribution >= 4 is 34.0 Å². The SMILES string of the molecule is CC(=O)N(c1nc(COC(=O)C23CC4CC(CC(C4)C2)C3)cs1)c1ccc(C)cc1C. The van der Waals surface area contributed by atoms with Crippen LogP contribution in [0.2, 0.25) is 0 Å². The summed E-state index contributed by atoms with van der Waals surface area (Å²) in [5.41, 5.74) is 3.47. The number of thiazole rings is 1. The van der Waals surface area contributed by atoms with Gasteiger partial charge in [0.1, 0.15) is 6.61 Å². The van der Waals surface area contributed by atoms with E-state index in [1.807, 2.05) is 31.4 Å². The van der Waals surface area contributed by atoms with Crippen LogP contribution in [0.15, 0.2) is 23.6 Å². The van der Waals surface area contributed by atoms with Crippen LogP contribution in [0.3, 0.4) is 0 Å². The van der Waals surface area contributed by atoms with Gasteiger partial charge in [-0.25, -0.2) is 4.98 Å². The van der Waals surface area contributed by atoms with Crippen molar-refractivity contribution in [2.24, 2.45) is 23.2 Å². The molecule has 6 heteroatoms. The minimum atomic E-state index is -0.252. The number of aryl methyl sites for hydroxylation is 2. The molecule has 1 aromatic carbocycles. The number of anilines is 2. The average Bonchev–Trinajstić information content (AvgIpc) is 3.15. The van der Waals surface area contributed by atoms with E-state index in [1.54, 1.807) is 11.8 Å². The van der Waals surface area contributed by atoms with Gasteiger partial charge in [0.25, 0.3) is 0 Å². The predicted molar refractivity (Wildman–Crippen MR) is 121 cm³/mol. The summed E-state index contributed by atoms with van der Waals surface area (Å²) >= 11 is 1.41. The highest BCUT2D eigenvalue weighted by atomic mass is 32.1. The first-order chi connectivity index (χ1) is 14.8. The molecule has 4 saturated carbocycles. The molecule has 0 spiro atoms. The lowest BCUT2D eigenvalue weighted by molar-refractivity contribution is -0.173. The fraction of sp³-hybridized carbons (Fsp3) is 0.560. The van der Waals surface area contributed by atoms with Crippen LogP contribution in [-0.4, -0.2) is 16.9 Å². The van der Waals surface area contributed by atoms with Gasteiger partial charge >= 0.3 is 5.97 Å². The van der Waals surface area contributed by atoms with E-state index < -0.39 is 0 Å². The van der Waals surface area contributed by atoms with E-state index in [-0.39, 0.29) is 23.9 Å². The number of rotatable bonds is 5. The summed E-state index contributed by atoms with van der Waals surface area (Å²) < 4.78 is 5.81. The molecule has 4 aliphatic rings. The van der Waals surface area contributed by atoms with E-state index >= 15 is 0 Å². The molecule has 4 fully saturated rings. The van der Waals surface area contributed by atoms with Crippen molar-refractivity contribution in [3.8, 4) is 0 Å². The van der Waals surface area contributed by atoms with Crippen molar-refractivity contribution < 1.29 is 14.3 Å². The second-order valence-electron chi connectivity index (χ2n) is 10.0. The second-order valence-corrected chi connectivity index (χ2v) is 10.9. The first kappa shape index (κ1) is 20.7. The monoisotopic (exact) mass is 438 g/mol. The lowest BCUT2D eigenvalue weighted by Crippen LogP contribution is -2.50. The molecule has 0 saturated heterocycles. The maximum Gasteiger partial charge on any atom is 0.312 e. The summed E-state index contributed by atoms with van der Waals surface area (Å²) in [7, 11) is 0. The Bertz CT molecular complexity index is 992. The molecule has 4 bridgehead atoms. The number of amides is 1. The van der Waals surface area contributed by atoms with E-state index in [9.17, 15) is 9.59 Å². The highest BCUT2D eigenvalue weighted by Gasteiger charge is 2.55. The van der Waals surface area contributed by atoms with E-state index in [0.29, 0.717) is 28.6 Å². The molecule has 6 rings (SSSR count). The molecule has 1 aromatic heterocycles. The second kappa shape index (κ2) is 7.73. The number of esters is 1. The van der Waals surface area contributed by atoms with Crippen molar-refractivity contribution in [2.45, 2.75) is 65.9 Å². The Morgan fingerprint density at radius 1 is 1.13 bits per heavy atom. The Kier molecular flexibility index (Phi) is 5.16. The first-order valence-corrected chi connectivity index (χ1v) is 12.2. The third kappa shape index (κ3) is 3.79. The summed E-state index contributed by atoms with van der Waals surface area (Å²) in [5.74, 6) is 2.03. The van der Waals surface area contributed by atoms with E-state index in [2.05, 4.69) is 11.1 Å². The van der Waals surface area contributed by atoms with Gasteiger partial charge in [0.2, 0.25) is 5.91 Å². The Labute approximate surface area is 187 Å². The van der Waals surface area contributed by atoms with Crippen LogP contribution in [0.1, 0.15) is 62.3 Å². The molecule has 31 heavy (non-hydrogen) atoms. The molecule has 0 radical (unpaired) electrons. The highest BCUT2D eigenvalue weighted by molar-refractivity contribution is 7.14.